The number of amides is 3. The summed E-state index contributed by atoms with van der Waals surface area (Å²) in [7, 11) is -7.62. The lowest BCUT2D eigenvalue weighted by molar-refractivity contribution is -0.120. The van der Waals surface area contributed by atoms with Crippen LogP contribution >= 0.6 is 0 Å². The molecule has 0 saturated heterocycles. The fourth-order valence-electron chi connectivity index (χ4n) is 2.44. The molecule has 2 aromatic rings. The highest BCUT2D eigenvalue weighted by atomic mass is 32.2. The van der Waals surface area contributed by atoms with E-state index in [1.165, 1.54) is 24.3 Å². The van der Waals surface area contributed by atoms with E-state index in [4.69, 9.17) is 10.5 Å². The number of carbonyl (C=O) groups excluding carboxylic acids is 3. The Bertz CT molecular complexity index is 1250. The van der Waals surface area contributed by atoms with E-state index in [1.54, 1.807) is 57.2 Å². The number of sulfonamides is 2. The molecule has 0 aromatic heterocycles. The molecule has 0 atom stereocenters. The Hall–Kier alpha value is -3.49. The highest BCUT2D eigenvalue weighted by molar-refractivity contribution is 7.90. The molecule has 212 valence electrons. The van der Waals surface area contributed by atoms with Crippen LogP contribution in [-0.2, 0) is 34.4 Å². The normalized spacial score (nSPS) is 11.1. The maximum absolute atomic E-state index is 11.9. The Kier molecular flexibility index (Phi) is 14.2. The molecule has 12 nitrogen and oxygen atoms in total. The first-order valence-corrected chi connectivity index (χ1v) is 14.0. The van der Waals surface area contributed by atoms with Crippen LogP contribution in [0.15, 0.2) is 70.5 Å². The molecule has 0 spiro atoms. The molecular weight excluding hydrogens is 536 g/mol. The van der Waals surface area contributed by atoms with Crippen molar-refractivity contribution in [2.45, 2.75) is 56.4 Å². The van der Waals surface area contributed by atoms with Gasteiger partial charge in [-0.25, -0.2) is 31.1 Å². The smallest absolute Gasteiger partial charge is 0.407 e. The number of nitrogens with one attached hydrogen (secondary N) is 3. The van der Waals surface area contributed by atoms with E-state index in [9.17, 15) is 31.2 Å². The first kappa shape index (κ1) is 34.5. The van der Waals surface area contributed by atoms with Gasteiger partial charge in [0.1, 0.15) is 5.60 Å². The van der Waals surface area contributed by atoms with Gasteiger partial charge in [0.05, 0.1) is 9.79 Å². The van der Waals surface area contributed by atoms with E-state index >= 15 is 0 Å². The summed E-state index contributed by atoms with van der Waals surface area (Å²) in [4.78, 5) is 34.1. The molecule has 0 aliphatic heterocycles. The van der Waals surface area contributed by atoms with Gasteiger partial charge in [-0.15, -0.1) is 0 Å². The third kappa shape index (κ3) is 13.7. The first-order valence-electron chi connectivity index (χ1n) is 11.0. The van der Waals surface area contributed by atoms with Gasteiger partial charge in [0, 0.05) is 25.9 Å². The van der Waals surface area contributed by atoms with Crippen LogP contribution in [0.25, 0.3) is 0 Å². The molecule has 0 bridgehead atoms. The average Bonchev–Trinajstić information content (AvgIpc) is 2.79. The maximum atomic E-state index is 11.9. The minimum atomic E-state index is -3.88. The zero-order valence-electron chi connectivity index (χ0n) is 20.8. The van der Waals surface area contributed by atoms with E-state index in [1.807, 2.05) is 9.44 Å². The summed E-state index contributed by atoms with van der Waals surface area (Å²) in [5.74, 6) is -1.30. The Morgan fingerprint density at radius 2 is 1.16 bits per heavy atom. The molecule has 0 radical (unpaired) electrons. The van der Waals surface area contributed by atoms with Gasteiger partial charge in [0.2, 0.25) is 11.8 Å². The zero-order chi connectivity index (χ0) is 28.1. The molecule has 14 heteroatoms. The Morgan fingerprint density at radius 1 is 0.763 bits per heavy atom. The minimum absolute atomic E-state index is 0. The lowest BCUT2D eigenvalue weighted by atomic mass is 10.2. The summed E-state index contributed by atoms with van der Waals surface area (Å²) in [6, 6.07) is 15.3. The van der Waals surface area contributed by atoms with Crippen molar-refractivity contribution < 1.29 is 36.0 Å². The third-order valence-electron chi connectivity index (χ3n) is 4.00. The molecule has 0 aliphatic rings. The van der Waals surface area contributed by atoms with Crippen molar-refractivity contribution in [3.8, 4) is 0 Å². The molecule has 5 N–H and O–H groups in total. The van der Waals surface area contributed by atoms with Gasteiger partial charge in [-0.3, -0.25) is 9.59 Å². The van der Waals surface area contributed by atoms with Gasteiger partial charge >= 0.3 is 6.09 Å². The number of alkyl carbamates (subject to hydrolysis) is 1. The minimum Gasteiger partial charge on any atom is -0.444 e. The fraction of sp³-hybridized carbons (Fsp3) is 0.375. The second-order valence-electron chi connectivity index (χ2n) is 8.40. The average molecular weight is 573 g/mol. The number of hydrogen-bond acceptors (Lipinski definition) is 9. The van der Waals surface area contributed by atoms with Gasteiger partial charge in [-0.1, -0.05) is 43.8 Å². The van der Waals surface area contributed by atoms with Gasteiger partial charge < -0.3 is 15.8 Å². The van der Waals surface area contributed by atoms with E-state index in [0.717, 1.165) is 0 Å². The van der Waals surface area contributed by atoms with E-state index in [2.05, 4.69) is 5.32 Å². The summed E-state index contributed by atoms with van der Waals surface area (Å²) < 4.78 is 55.7. The number of hydrogen-bond donors (Lipinski definition) is 4. The number of carbonyl (C=O) groups is 3. The second-order valence-corrected chi connectivity index (χ2v) is 11.8. The molecule has 38 heavy (non-hydrogen) atoms. The predicted molar refractivity (Wildman–Crippen MR) is 143 cm³/mol. The van der Waals surface area contributed by atoms with Crippen LogP contribution in [0.2, 0.25) is 0 Å². The van der Waals surface area contributed by atoms with Crippen LogP contribution < -0.4 is 20.5 Å². The highest BCUT2D eigenvalue weighted by Gasteiger charge is 2.19. The monoisotopic (exact) mass is 572 g/mol. The first-order chi connectivity index (χ1) is 17.2. The summed E-state index contributed by atoms with van der Waals surface area (Å²) >= 11 is 0. The number of nitrogens with two attached hydrogens (primary N) is 1. The van der Waals surface area contributed by atoms with Crippen LogP contribution in [0.5, 0.6) is 0 Å². The van der Waals surface area contributed by atoms with Crippen molar-refractivity contribution in [1.82, 2.24) is 14.8 Å². The van der Waals surface area contributed by atoms with Crippen molar-refractivity contribution in [1.29, 1.82) is 0 Å². The molecule has 2 rings (SSSR count). The van der Waals surface area contributed by atoms with Gasteiger partial charge in [0.25, 0.3) is 20.0 Å². The van der Waals surface area contributed by atoms with E-state index < -0.39 is 43.6 Å². The SMILES string of the molecule is C.CC(C)(C)OC(=O)NCCC(=O)NS(=O)(=O)c1ccccc1.NCCC(=O)NS(=O)(=O)c1ccccc1. The topological polar surface area (TPSA) is 191 Å². The van der Waals surface area contributed by atoms with Crippen LogP contribution in [0.3, 0.4) is 0 Å². The lowest BCUT2D eigenvalue weighted by Crippen LogP contribution is -2.36. The van der Waals surface area contributed by atoms with Gasteiger partial charge in [0.15, 0.2) is 0 Å². The fourth-order valence-corrected chi connectivity index (χ4v) is 4.51. The largest absolute Gasteiger partial charge is 0.444 e. The van der Waals surface area contributed by atoms with Crippen LogP contribution in [0.1, 0.15) is 41.0 Å². The summed E-state index contributed by atoms with van der Waals surface area (Å²) in [5, 5.41) is 2.38. The standard InChI is InChI=1S/C14H20N2O5S.C9H12N2O3S.CH4/c1-14(2,3)21-13(18)15-10-9-12(17)16-22(19,20)11-7-5-4-6-8-11;10-7-6-9(12)11-15(13,14)8-4-2-1-3-5-8;/h4-8H,9-10H2,1-3H3,(H,15,18)(H,16,17);1-5H,6-7,10H2,(H,11,12);1H4. The molecule has 0 aliphatic carbocycles. The summed E-state index contributed by atoms with van der Waals surface area (Å²) in [6.45, 7) is 5.24. The lowest BCUT2D eigenvalue weighted by Gasteiger charge is -2.19. The molecule has 0 fully saturated rings. The maximum Gasteiger partial charge on any atom is 0.407 e. The van der Waals surface area contributed by atoms with Gasteiger partial charge in [-0.05, 0) is 45.0 Å². The predicted octanol–water partition coefficient (Wildman–Crippen LogP) is 1.88. The van der Waals surface area contributed by atoms with Crippen molar-refractivity contribution >= 4 is 38.0 Å². The van der Waals surface area contributed by atoms with E-state index in [-0.39, 0.29) is 43.1 Å². The number of ether oxygens (including phenoxy) is 1. The second kappa shape index (κ2) is 15.7. The molecular formula is C24H36N4O8S2. The summed E-state index contributed by atoms with van der Waals surface area (Å²) in [6.07, 6.45) is -0.844. The molecule has 3 amide bonds. The van der Waals surface area contributed by atoms with E-state index in [0.29, 0.717) is 0 Å². The summed E-state index contributed by atoms with van der Waals surface area (Å²) in [5.41, 5.74) is 4.50. The van der Waals surface area contributed by atoms with Gasteiger partial charge in [-0.2, -0.15) is 0 Å². The quantitative estimate of drug-likeness (QED) is 0.347. The Labute approximate surface area is 224 Å². The molecule has 0 unspecified atom stereocenters. The zero-order valence-corrected chi connectivity index (χ0v) is 22.4. The molecule has 2 aromatic carbocycles. The van der Waals surface area contributed by atoms with Crippen molar-refractivity contribution in [2.75, 3.05) is 13.1 Å². The number of rotatable bonds is 9. The Morgan fingerprint density at radius 3 is 1.53 bits per heavy atom. The third-order valence-corrected chi connectivity index (χ3v) is 6.77. The van der Waals surface area contributed by atoms with Crippen LogP contribution in [0.4, 0.5) is 4.79 Å². The highest BCUT2D eigenvalue weighted by Crippen LogP contribution is 2.08. The number of benzene rings is 2. The van der Waals surface area contributed by atoms with Crippen molar-refractivity contribution in [2.24, 2.45) is 5.73 Å². The van der Waals surface area contributed by atoms with Crippen LogP contribution in [0, 0.1) is 0 Å². The van der Waals surface area contributed by atoms with Crippen molar-refractivity contribution in [3.05, 3.63) is 60.7 Å². The Balaban J connectivity index is 0.000000750. The molecule has 0 saturated carbocycles. The van der Waals surface area contributed by atoms with Crippen LogP contribution in [-0.4, -0.2) is 53.4 Å². The van der Waals surface area contributed by atoms with Crippen molar-refractivity contribution in [3.63, 3.8) is 0 Å². The molecule has 0 heterocycles.